The van der Waals surface area contributed by atoms with Crippen LogP contribution >= 0.6 is 11.8 Å². The molecule has 0 atom stereocenters. The van der Waals surface area contributed by atoms with Gasteiger partial charge in [0.25, 0.3) is 0 Å². The predicted molar refractivity (Wildman–Crippen MR) is 51.6 cm³/mol. The standard InChI is InChI=1S/C8H10N2O2S/c1-13-7-12-9-10(11)8-5-3-2-4-6-8/h2-6H,7H2,1H3/b10-9-. The van der Waals surface area contributed by atoms with Crippen LogP contribution in [0.15, 0.2) is 35.6 Å². The molecule has 0 N–H and O–H groups in total. The van der Waals surface area contributed by atoms with Gasteiger partial charge in [0.15, 0.2) is 5.94 Å². The van der Waals surface area contributed by atoms with Gasteiger partial charge in [-0.15, -0.1) is 11.8 Å². The van der Waals surface area contributed by atoms with E-state index >= 15 is 0 Å². The first-order chi connectivity index (χ1) is 6.34. The third-order valence-corrected chi connectivity index (χ3v) is 1.62. The summed E-state index contributed by atoms with van der Waals surface area (Å²) in [4.78, 5) is 5.15. The molecule has 0 aliphatic rings. The molecule has 70 valence electrons. The minimum atomic E-state index is 0.381. The van der Waals surface area contributed by atoms with Crippen LogP contribution in [0.25, 0.3) is 0 Å². The van der Waals surface area contributed by atoms with Crippen LogP contribution in [0.1, 0.15) is 0 Å². The van der Waals surface area contributed by atoms with Gasteiger partial charge in [-0.3, -0.25) is 0 Å². The molecule has 0 aliphatic heterocycles. The third kappa shape index (κ3) is 3.33. The molecule has 1 rings (SSSR count). The van der Waals surface area contributed by atoms with Gasteiger partial charge in [-0.2, -0.15) is 0 Å². The van der Waals surface area contributed by atoms with Gasteiger partial charge >= 0.3 is 0 Å². The summed E-state index contributed by atoms with van der Waals surface area (Å²) in [7, 11) is 0. The summed E-state index contributed by atoms with van der Waals surface area (Å²) in [5, 5.41) is 14.5. The average Bonchev–Trinajstić information content (AvgIpc) is 2.19. The number of hydrogen-bond donors (Lipinski definition) is 0. The second-order valence-electron chi connectivity index (χ2n) is 2.23. The number of hydrogen-bond acceptors (Lipinski definition) is 4. The summed E-state index contributed by atoms with van der Waals surface area (Å²) in [6.07, 6.45) is 1.87. The Morgan fingerprint density at radius 3 is 2.77 bits per heavy atom. The summed E-state index contributed by atoms with van der Waals surface area (Å²) < 4.78 is 0. The summed E-state index contributed by atoms with van der Waals surface area (Å²) in [6, 6.07) is 8.70. The zero-order valence-corrected chi connectivity index (χ0v) is 8.03. The molecule has 13 heavy (non-hydrogen) atoms. The second-order valence-corrected chi connectivity index (χ2v) is 3.04. The lowest BCUT2D eigenvalue weighted by Gasteiger charge is -1.97. The largest absolute Gasteiger partial charge is 0.592 e. The Bertz CT molecular complexity index is 277. The lowest BCUT2D eigenvalue weighted by Crippen LogP contribution is -1.92. The monoisotopic (exact) mass is 198 g/mol. The molecular weight excluding hydrogens is 188 g/mol. The van der Waals surface area contributed by atoms with Crippen molar-refractivity contribution in [3.05, 3.63) is 35.5 Å². The highest BCUT2D eigenvalue weighted by Crippen LogP contribution is 2.09. The van der Waals surface area contributed by atoms with Gasteiger partial charge < -0.3 is 10.0 Å². The molecule has 0 saturated carbocycles. The molecule has 0 unspecified atom stereocenters. The fourth-order valence-electron chi connectivity index (χ4n) is 0.731. The Hall–Kier alpha value is -1.23. The minimum absolute atomic E-state index is 0.381. The molecule has 0 saturated heterocycles. The van der Waals surface area contributed by atoms with Gasteiger partial charge in [0, 0.05) is 12.1 Å². The first kappa shape index (κ1) is 9.85. The number of nitrogens with zero attached hydrogens (tertiary/aromatic N) is 2. The first-order valence-electron chi connectivity index (χ1n) is 3.69. The van der Waals surface area contributed by atoms with Crippen molar-refractivity contribution in [3.63, 3.8) is 0 Å². The van der Waals surface area contributed by atoms with E-state index in [1.165, 1.54) is 11.8 Å². The van der Waals surface area contributed by atoms with Gasteiger partial charge in [-0.05, 0) is 11.1 Å². The van der Waals surface area contributed by atoms with Gasteiger partial charge in [-0.1, -0.05) is 18.2 Å². The van der Waals surface area contributed by atoms with Crippen LogP contribution in [0.2, 0.25) is 0 Å². The molecule has 5 heteroatoms. The Morgan fingerprint density at radius 1 is 1.46 bits per heavy atom. The van der Waals surface area contributed by atoms with E-state index in [-0.39, 0.29) is 0 Å². The second kappa shape index (κ2) is 5.42. The van der Waals surface area contributed by atoms with Crippen molar-refractivity contribution in [2.24, 2.45) is 5.28 Å². The molecule has 0 amide bonds. The summed E-state index contributed by atoms with van der Waals surface area (Å²) >= 11 is 1.46. The van der Waals surface area contributed by atoms with Gasteiger partial charge in [0.1, 0.15) is 0 Å². The van der Waals surface area contributed by atoms with Crippen LogP contribution in [0.3, 0.4) is 0 Å². The molecule has 1 aromatic rings. The maximum Gasteiger partial charge on any atom is 0.248 e. The Kier molecular flexibility index (Phi) is 4.11. The van der Waals surface area contributed by atoms with E-state index in [1.807, 2.05) is 12.3 Å². The molecule has 0 spiro atoms. The molecule has 0 fully saturated rings. The van der Waals surface area contributed by atoms with Crippen molar-refractivity contribution in [3.8, 4) is 0 Å². The van der Waals surface area contributed by atoms with Crippen molar-refractivity contribution in [2.75, 3.05) is 12.2 Å². The molecule has 4 nitrogen and oxygen atoms in total. The fourth-order valence-corrected chi connectivity index (χ4v) is 0.884. The topological polar surface area (TPSA) is 47.7 Å². The van der Waals surface area contributed by atoms with Crippen molar-refractivity contribution < 1.29 is 9.70 Å². The van der Waals surface area contributed by atoms with E-state index in [0.717, 1.165) is 0 Å². The highest BCUT2D eigenvalue weighted by atomic mass is 32.2. The van der Waals surface area contributed by atoms with Gasteiger partial charge in [0.05, 0.1) is 0 Å². The Labute approximate surface area is 80.8 Å². The highest BCUT2D eigenvalue weighted by molar-refractivity contribution is 7.98. The SMILES string of the molecule is CSCO/N=[N+](\[O-])c1ccccc1. The molecule has 0 aliphatic carbocycles. The Balaban J connectivity index is 2.57. The van der Waals surface area contributed by atoms with Crippen molar-refractivity contribution in [1.82, 2.24) is 0 Å². The molecule has 0 aromatic heterocycles. The van der Waals surface area contributed by atoms with E-state index in [1.54, 1.807) is 24.3 Å². The smallest absolute Gasteiger partial charge is 0.248 e. The molecule has 0 radical (unpaired) electrons. The van der Waals surface area contributed by atoms with Crippen molar-refractivity contribution >= 4 is 17.4 Å². The third-order valence-electron chi connectivity index (χ3n) is 1.28. The van der Waals surface area contributed by atoms with Crippen LogP contribution in [-0.2, 0) is 4.84 Å². The number of para-hydroxylation sites is 1. The maximum absolute atomic E-state index is 11.1. The van der Waals surface area contributed by atoms with Crippen molar-refractivity contribution in [2.45, 2.75) is 0 Å². The summed E-state index contributed by atoms with van der Waals surface area (Å²) in [5.74, 6) is 0.381. The van der Waals surface area contributed by atoms with E-state index in [2.05, 4.69) is 5.28 Å². The summed E-state index contributed by atoms with van der Waals surface area (Å²) in [6.45, 7) is 0. The normalized spacial score (nSPS) is 11.3. The zero-order valence-electron chi connectivity index (χ0n) is 7.21. The number of thioether (sulfide) groups is 1. The quantitative estimate of drug-likeness (QED) is 0.245. The number of benzene rings is 1. The molecule has 0 bridgehead atoms. The van der Waals surface area contributed by atoms with Crippen LogP contribution in [-0.4, -0.2) is 17.1 Å². The van der Waals surface area contributed by atoms with Crippen LogP contribution < -0.4 is 0 Å². The highest BCUT2D eigenvalue weighted by Gasteiger charge is 2.00. The summed E-state index contributed by atoms with van der Waals surface area (Å²) in [5.41, 5.74) is 0.462. The lowest BCUT2D eigenvalue weighted by atomic mass is 10.3. The van der Waals surface area contributed by atoms with Crippen LogP contribution in [0.5, 0.6) is 0 Å². The van der Waals surface area contributed by atoms with E-state index in [9.17, 15) is 5.21 Å². The Morgan fingerprint density at radius 2 is 2.15 bits per heavy atom. The molecular formula is C8H10N2O2S. The van der Waals surface area contributed by atoms with E-state index in [4.69, 9.17) is 4.84 Å². The average molecular weight is 198 g/mol. The maximum atomic E-state index is 11.1. The van der Waals surface area contributed by atoms with Crippen LogP contribution in [0, 0.1) is 5.21 Å². The number of rotatable bonds is 4. The van der Waals surface area contributed by atoms with Crippen LogP contribution in [0.4, 0.5) is 5.69 Å². The fraction of sp³-hybridized carbons (Fsp3) is 0.250. The zero-order chi connectivity index (χ0) is 9.52. The van der Waals surface area contributed by atoms with E-state index in [0.29, 0.717) is 16.5 Å². The predicted octanol–water partition coefficient (Wildman–Crippen LogP) is 2.53. The lowest BCUT2D eigenvalue weighted by molar-refractivity contribution is -0.477. The molecule has 0 heterocycles. The minimum Gasteiger partial charge on any atom is -0.592 e. The molecule has 1 aromatic carbocycles. The van der Waals surface area contributed by atoms with E-state index < -0.39 is 0 Å². The first-order valence-corrected chi connectivity index (χ1v) is 5.08. The van der Waals surface area contributed by atoms with Crippen molar-refractivity contribution in [1.29, 1.82) is 0 Å². The van der Waals surface area contributed by atoms with Gasteiger partial charge in [0.2, 0.25) is 11.0 Å². The van der Waals surface area contributed by atoms with Gasteiger partial charge in [-0.25, -0.2) is 0 Å².